The fourth-order valence-electron chi connectivity index (χ4n) is 2.00. The van der Waals surface area contributed by atoms with Crippen LogP contribution in [0.2, 0.25) is 0 Å². The number of hydrogen-bond donors (Lipinski definition) is 3. The van der Waals surface area contributed by atoms with Gasteiger partial charge in [-0.25, -0.2) is 12.8 Å². The number of esters is 1. The molecule has 3 N–H and O–H groups in total. The van der Waals surface area contributed by atoms with Crippen molar-refractivity contribution < 1.29 is 32.2 Å². The molecule has 0 saturated heterocycles. The first kappa shape index (κ1) is 22.0. The number of sulfonamides is 1. The predicted molar refractivity (Wildman–Crippen MR) is 101 cm³/mol. The number of aliphatic hydroxyl groups is 1. The molecule has 2 aromatic carbocycles. The number of nitrogens with one attached hydrogen (secondary N) is 2. The zero-order valence-electron chi connectivity index (χ0n) is 14.3. The summed E-state index contributed by atoms with van der Waals surface area (Å²) in [6.45, 7) is -1.58. The molecule has 0 fully saturated rings. The Labute approximate surface area is 168 Å². The Morgan fingerprint density at radius 2 is 1.71 bits per heavy atom. The molecule has 0 saturated carbocycles. The third-order valence-corrected chi connectivity index (χ3v) is 5.38. The van der Waals surface area contributed by atoms with Crippen LogP contribution in [0.5, 0.6) is 0 Å². The molecule has 0 aliphatic carbocycles. The molecule has 1 unspecified atom stereocenters. The Morgan fingerprint density at radius 3 is 2.29 bits per heavy atom. The van der Waals surface area contributed by atoms with Crippen molar-refractivity contribution in [3.05, 3.63) is 58.8 Å². The Morgan fingerprint density at radius 1 is 1.11 bits per heavy atom. The van der Waals surface area contributed by atoms with E-state index in [9.17, 15) is 27.5 Å². The highest BCUT2D eigenvalue weighted by Gasteiger charge is 2.27. The van der Waals surface area contributed by atoms with Crippen molar-refractivity contribution in [1.29, 1.82) is 0 Å². The van der Waals surface area contributed by atoms with Crippen LogP contribution >= 0.6 is 15.9 Å². The van der Waals surface area contributed by atoms with E-state index in [-0.39, 0.29) is 10.6 Å². The first-order chi connectivity index (χ1) is 13.2. The first-order valence-corrected chi connectivity index (χ1v) is 10.1. The zero-order valence-corrected chi connectivity index (χ0v) is 16.7. The number of amides is 1. The number of hydrogen-bond acceptors (Lipinski definition) is 6. The molecule has 0 bridgehead atoms. The summed E-state index contributed by atoms with van der Waals surface area (Å²) < 4.78 is 44.8. The van der Waals surface area contributed by atoms with Gasteiger partial charge < -0.3 is 15.2 Å². The average molecular weight is 475 g/mol. The highest BCUT2D eigenvalue weighted by Crippen LogP contribution is 2.15. The zero-order chi connectivity index (χ0) is 20.7. The van der Waals surface area contributed by atoms with E-state index in [0.29, 0.717) is 4.47 Å². The van der Waals surface area contributed by atoms with Gasteiger partial charge in [0.2, 0.25) is 10.0 Å². The van der Waals surface area contributed by atoms with Crippen LogP contribution in [-0.2, 0) is 24.3 Å². The molecule has 2 rings (SSSR count). The van der Waals surface area contributed by atoms with Crippen LogP contribution in [0, 0.1) is 5.82 Å². The largest absolute Gasteiger partial charge is 0.454 e. The molecular weight excluding hydrogens is 459 g/mol. The van der Waals surface area contributed by atoms with Crippen LogP contribution in [0.3, 0.4) is 0 Å². The second-order valence-corrected chi connectivity index (χ2v) is 8.10. The first-order valence-electron chi connectivity index (χ1n) is 7.82. The van der Waals surface area contributed by atoms with Crippen molar-refractivity contribution in [3.63, 3.8) is 0 Å². The lowest BCUT2D eigenvalue weighted by molar-refractivity contribution is -0.149. The summed E-state index contributed by atoms with van der Waals surface area (Å²) in [5, 5.41) is 11.7. The van der Waals surface area contributed by atoms with Crippen LogP contribution in [0.25, 0.3) is 0 Å². The maximum absolute atomic E-state index is 12.8. The van der Waals surface area contributed by atoms with E-state index in [1.54, 1.807) is 0 Å². The van der Waals surface area contributed by atoms with Gasteiger partial charge in [-0.1, -0.05) is 15.9 Å². The van der Waals surface area contributed by atoms with Crippen molar-refractivity contribution in [3.8, 4) is 0 Å². The number of aliphatic hydroxyl groups excluding tert-OH is 1. The van der Waals surface area contributed by atoms with Crippen molar-refractivity contribution >= 4 is 43.5 Å². The molecule has 0 aliphatic heterocycles. The van der Waals surface area contributed by atoms with Gasteiger partial charge >= 0.3 is 5.97 Å². The van der Waals surface area contributed by atoms with Gasteiger partial charge in [0.15, 0.2) is 6.61 Å². The molecule has 150 valence electrons. The molecular formula is C17H16BrFN2O6S. The summed E-state index contributed by atoms with van der Waals surface area (Å²) in [7, 11) is -4.09. The summed E-state index contributed by atoms with van der Waals surface area (Å²) in [5.74, 6) is -2.32. The number of halogens is 2. The summed E-state index contributed by atoms with van der Waals surface area (Å²) in [6, 6.07) is 8.94. The Balaban J connectivity index is 1.92. The van der Waals surface area contributed by atoms with Gasteiger partial charge in [-0.3, -0.25) is 9.59 Å². The molecule has 8 nitrogen and oxygen atoms in total. The minimum Gasteiger partial charge on any atom is -0.454 e. The molecule has 0 heterocycles. The van der Waals surface area contributed by atoms with Gasteiger partial charge in [0.05, 0.1) is 11.5 Å². The van der Waals surface area contributed by atoms with Crippen LogP contribution < -0.4 is 10.0 Å². The Bertz CT molecular complexity index is 935. The van der Waals surface area contributed by atoms with Gasteiger partial charge in [-0.15, -0.1) is 0 Å². The lowest BCUT2D eigenvalue weighted by Gasteiger charge is -2.15. The van der Waals surface area contributed by atoms with Gasteiger partial charge in [-0.05, 0) is 48.5 Å². The molecule has 0 aliphatic rings. The maximum Gasteiger partial charge on any atom is 0.327 e. The second kappa shape index (κ2) is 9.73. The highest BCUT2D eigenvalue weighted by molar-refractivity contribution is 9.10. The normalized spacial score (nSPS) is 12.2. The minimum absolute atomic E-state index is 0.115. The summed E-state index contributed by atoms with van der Waals surface area (Å²) >= 11 is 3.18. The van der Waals surface area contributed by atoms with Gasteiger partial charge in [-0.2, -0.15) is 4.72 Å². The van der Waals surface area contributed by atoms with Gasteiger partial charge in [0, 0.05) is 10.2 Å². The highest BCUT2D eigenvalue weighted by atomic mass is 79.9. The number of ether oxygens (including phenoxy) is 1. The van der Waals surface area contributed by atoms with E-state index in [1.165, 1.54) is 36.4 Å². The van der Waals surface area contributed by atoms with Crippen LogP contribution in [0.4, 0.5) is 10.1 Å². The summed E-state index contributed by atoms with van der Waals surface area (Å²) in [4.78, 5) is 23.6. The van der Waals surface area contributed by atoms with E-state index in [4.69, 9.17) is 4.74 Å². The fraction of sp³-hybridized carbons (Fsp3) is 0.176. The third kappa shape index (κ3) is 6.37. The standard InChI is InChI=1S/C17H16BrFN2O6S/c18-11-1-7-14(8-2-11)28(25,26)21-15(9-22)17(24)27-10-16(23)20-13-5-3-12(19)4-6-13/h1-8,15,21-22H,9-10H2,(H,20,23). The van der Waals surface area contributed by atoms with Crippen molar-refractivity contribution in [2.45, 2.75) is 10.9 Å². The third-order valence-electron chi connectivity index (χ3n) is 3.36. The number of carbonyl (C=O) groups excluding carboxylic acids is 2. The summed E-state index contributed by atoms with van der Waals surface area (Å²) in [6.07, 6.45) is 0. The molecule has 1 atom stereocenters. The lowest BCUT2D eigenvalue weighted by Crippen LogP contribution is -2.44. The molecule has 28 heavy (non-hydrogen) atoms. The molecule has 2 aromatic rings. The topological polar surface area (TPSA) is 122 Å². The Kier molecular flexibility index (Phi) is 7.63. The summed E-state index contributed by atoms with van der Waals surface area (Å²) in [5.41, 5.74) is 0.289. The van der Waals surface area contributed by atoms with Crippen molar-refractivity contribution in [2.75, 3.05) is 18.5 Å². The monoisotopic (exact) mass is 474 g/mol. The number of benzene rings is 2. The van der Waals surface area contributed by atoms with Crippen molar-refractivity contribution in [1.82, 2.24) is 4.72 Å². The fourth-order valence-corrected chi connectivity index (χ4v) is 3.44. The van der Waals surface area contributed by atoms with Crippen LogP contribution in [0.15, 0.2) is 57.9 Å². The van der Waals surface area contributed by atoms with Crippen LogP contribution in [-0.4, -0.2) is 44.7 Å². The number of anilines is 1. The molecule has 11 heteroatoms. The van der Waals surface area contributed by atoms with E-state index in [1.807, 2.05) is 4.72 Å². The van der Waals surface area contributed by atoms with Crippen molar-refractivity contribution in [2.24, 2.45) is 0 Å². The minimum atomic E-state index is -4.09. The molecule has 0 aromatic heterocycles. The Hall–Kier alpha value is -2.34. The molecule has 0 radical (unpaired) electrons. The number of carbonyl (C=O) groups is 2. The average Bonchev–Trinajstić information content (AvgIpc) is 2.66. The predicted octanol–water partition coefficient (Wildman–Crippen LogP) is 1.41. The van der Waals surface area contributed by atoms with Crippen LogP contribution in [0.1, 0.15) is 0 Å². The van der Waals surface area contributed by atoms with E-state index < -0.39 is 47.0 Å². The van der Waals surface area contributed by atoms with Gasteiger partial charge in [0.1, 0.15) is 11.9 Å². The molecule has 0 spiro atoms. The van der Waals surface area contributed by atoms with E-state index in [0.717, 1.165) is 12.1 Å². The maximum atomic E-state index is 12.8. The SMILES string of the molecule is O=C(COC(=O)C(CO)NS(=O)(=O)c1ccc(Br)cc1)Nc1ccc(F)cc1. The second-order valence-electron chi connectivity index (χ2n) is 5.47. The van der Waals surface area contributed by atoms with E-state index >= 15 is 0 Å². The molecule has 1 amide bonds. The lowest BCUT2D eigenvalue weighted by atomic mass is 10.3. The quantitative estimate of drug-likeness (QED) is 0.497. The number of rotatable bonds is 8. The van der Waals surface area contributed by atoms with E-state index in [2.05, 4.69) is 21.2 Å². The van der Waals surface area contributed by atoms with Gasteiger partial charge in [0.25, 0.3) is 5.91 Å². The smallest absolute Gasteiger partial charge is 0.327 e.